The number of carbonyl (C=O) groups excluding carboxylic acids is 2. The second-order valence-corrected chi connectivity index (χ2v) is 9.41. The first-order valence-electron chi connectivity index (χ1n) is 12.1. The van der Waals surface area contributed by atoms with Gasteiger partial charge in [0.1, 0.15) is 12.3 Å². The SMILES string of the molecule is O=C1CN2Cc3c(cccc3OCCCCC(=O)NC3CCC4CCCCC4N3)N=C2N1. The number of piperidine rings is 1. The third kappa shape index (κ3) is 4.75. The highest BCUT2D eigenvalue weighted by Crippen LogP contribution is 2.34. The van der Waals surface area contributed by atoms with Crippen molar-refractivity contribution in [3.63, 3.8) is 0 Å². The van der Waals surface area contributed by atoms with Crippen LogP contribution < -0.4 is 20.7 Å². The van der Waals surface area contributed by atoms with Gasteiger partial charge in [0.25, 0.3) is 0 Å². The van der Waals surface area contributed by atoms with Crippen molar-refractivity contribution < 1.29 is 14.3 Å². The molecule has 32 heavy (non-hydrogen) atoms. The van der Waals surface area contributed by atoms with Crippen LogP contribution in [0.4, 0.5) is 5.69 Å². The van der Waals surface area contributed by atoms with Gasteiger partial charge >= 0.3 is 0 Å². The molecule has 3 fully saturated rings. The number of guanidine groups is 1. The number of rotatable bonds is 7. The van der Waals surface area contributed by atoms with E-state index in [1.807, 2.05) is 23.1 Å². The maximum absolute atomic E-state index is 12.4. The molecule has 8 nitrogen and oxygen atoms in total. The van der Waals surface area contributed by atoms with Crippen molar-refractivity contribution in [1.82, 2.24) is 20.9 Å². The van der Waals surface area contributed by atoms with Crippen molar-refractivity contribution in [2.45, 2.75) is 76.5 Å². The van der Waals surface area contributed by atoms with E-state index in [1.165, 1.54) is 32.1 Å². The summed E-state index contributed by atoms with van der Waals surface area (Å²) in [5.41, 5.74) is 1.85. The molecule has 8 heteroatoms. The Hall–Kier alpha value is -2.61. The van der Waals surface area contributed by atoms with Crippen molar-refractivity contribution >= 4 is 23.5 Å². The molecule has 0 radical (unpaired) electrons. The summed E-state index contributed by atoms with van der Waals surface area (Å²) in [7, 11) is 0. The molecular weight excluding hydrogens is 406 g/mol. The average molecular weight is 440 g/mol. The number of fused-ring (bicyclic) bond motifs is 3. The number of nitrogens with one attached hydrogen (secondary N) is 3. The fourth-order valence-electron chi connectivity index (χ4n) is 5.42. The molecule has 172 valence electrons. The fraction of sp³-hybridized carbons (Fsp3) is 0.625. The Labute approximate surface area is 189 Å². The topological polar surface area (TPSA) is 95.1 Å². The molecule has 2 amide bonds. The zero-order valence-corrected chi connectivity index (χ0v) is 18.6. The first kappa shape index (κ1) is 21.2. The molecule has 5 rings (SSSR count). The summed E-state index contributed by atoms with van der Waals surface area (Å²) in [6.45, 7) is 1.50. The second-order valence-electron chi connectivity index (χ2n) is 9.41. The average Bonchev–Trinajstić information content (AvgIpc) is 3.16. The first-order chi connectivity index (χ1) is 15.7. The van der Waals surface area contributed by atoms with Crippen molar-refractivity contribution in [1.29, 1.82) is 0 Å². The fourth-order valence-corrected chi connectivity index (χ4v) is 5.42. The molecule has 4 aliphatic rings. The molecule has 1 aromatic rings. The Kier molecular flexibility index (Phi) is 6.30. The van der Waals surface area contributed by atoms with E-state index in [1.54, 1.807) is 0 Å². The molecule has 1 aromatic carbocycles. The standard InChI is InChI=1S/C24H33N5O3/c30-22(27-21-12-11-16-6-1-2-7-18(16)25-21)10-3-4-13-32-20-9-5-8-19-17(20)14-29-15-23(31)28-24(29)26-19/h5,8-9,16,18,21,25H,1-4,6-7,10-15H2,(H,27,30)(H,26,28,31). The van der Waals surface area contributed by atoms with E-state index in [2.05, 4.69) is 20.9 Å². The number of amides is 2. The lowest BCUT2D eigenvalue weighted by atomic mass is 9.79. The predicted octanol–water partition coefficient (Wildman–Crippen LogP) is 2.55. The third-order valence-corrected chi connectivity index (χ3v) is 7.11. The number of benzene rings is 1. The molecule has 1 aliphatic carbocycles. The molecule has 3 aliphatic heterocycles. The molecule has 1 saturated carbocycles. The van der Waals surface area contributed by atoms with Crippen LogP contribution in [0.2, 0.25) is 0 Å². The van der Waals surface area contributed by atoms with Crippen molar-refractivity contribution in [2.24, 2.45) is 10.9 Å². The molecule has 2 saturated heterocycles. The van der Waals surface area contributed by atoms with Crippen molar-refractivity contribution in [3.05, 3.63) is 23.8 Å². The normalized spacial score (nSPS) is 26.4. The van der Waals surface area contributed by atoms with Crippen LogP contribution in [0.1, 0.15) is 63.4 Å². The van der Waals surface area contributed by atoms with Gasteiger partial charge in [-0.05, 0) is 56.6 Å². The van der Waals surface area contributed by atoms with Gasteiger partial charge in [0.15, 0.2) is 0 Å². The maximum Gasteiger partial charge on any atom is 0.246 e. The summed E-state index contributed by atoms with van der Waals surface area (Å²) in [5.74, 6) is 2.33. The van der Waals surface area contributed by atoms with Crippen LogP contribution in [0.3, 0.4) is 0 Å². The first-order valence-corrected chi connectivity index (χ1v) is 12.1. The second kappa shape index (κ2) is 9.48. The van der Waals surface area contributed by atoms with E-state index < -0.39 is 0 Å². The number of unbranched alkanes of at least 4 members (excludes halogenated alkanes) is 1. The highest BCUT2D eigenvalue weighted by Gasteiger charge is 2.32. The molecule has 0 aromatic heterocycles. The quantitative estimate of drug-likeness (QED) is 0.568. The Morgan fingerprint density at radius 3 is 3.00 bits per heavy atom. The minimum atomic E-state index is -0.0284. The third-order valence-electron chi connectivity index (χ3n) is 7.11. The van der Waals surface area contributed by atoms with Gasteiger partial charge in [-0.25, -0.2) is 4.99 Å². The summed E-state index contributed by atoms with van der Waals surface area (Å²) in [6.07, 6.45) is 9.78. The van der Waals surface area contributed by atoms with E-state index in [9.17, 15) is 9.59 Å². The zero-order valence-electron chi connectivity index (χ0n) is 18.6. The van der Waals surface area contributed by atoms with Gasteiger partial charge in [-0.3, -0.25) is 20.2 Å². The minimum Gasteiger partial charge on any atom is -0.493 e. The van der Waals surface area contributed by atoms with Gasteiger partial charge in [0.05, 0.1) is 25.0 Å². The van der Waals surface area contributed by atoms with Gasteiger partial charge < -0.3 is 15.0 Å². The highest BCUT2D eigenvalue weighted by molar-refractivity contribution is 6.05. The molecule has 0 spiro atoms. The van der Waals surface area contributed by atoms with Crippen LogP contribution in [0.15, 0.2) is 23.2 Å². The van der Waals surface area contributed by atoms with Crippen LogP contribution in [-0.2, 0) is 16.1 Å². The lowest BCUT2D eigenvalue weighted by molar-refractivity contribution is -0.122. The zero-order chi connectivity index (χ0) is 21.9. The summed E-state index contributed by atoms with van der Waals surface area (Å²) in [6, 6.07) is 6.40. The van der Waals surface area contributed by atoms with Gasteiger partial charge in [-0.15, -0.1) is 0 Å². The Morgan fingerprint density at radius 1 is 1.16 bits per heavy atom. The number of carbonyl (C=O) groups is 2. The number of ether oxygens (including phenoxy) is 1. The molecule has 3 heterocycles. The number of hydrogen-bond acceptors (Lipinski definition) is 6. The number of aliphatic imine (C=N–C) groups is 1. The molecule has 3 atom stereocenters. The van der Waals surface area contributed by atoms with Crippen molar-refractivity contribution in [3.8, 4) is 5.75 Å². The van der Waals surface area contributed by atoms with Crippen LogP contribution in [0.25, 0.3) is 0 Å². The molecule has 3 unspecified atom stereocenters. The molecular formula is C24H33N5O3. The summed E-state index contributed by atoms with van der Waals surface area (Å²) in [5, 5.41) is 9.63. The Balaban J connectivity index is 1.03. The Bertz CT molecular complexity index is 902. The summed E-state index contributed by atoms with van der Waals surface area (Å²) >= 11 is 0. The van der Waals surface area contributed by atoms with Gasteiger partial charge in [0.2, 0.25) is 17.8 Å². The van der Waals surface area contributed by atoms with Crippen molar-refractivity contribution in [2.75, 3.05) is 13.2 Å². The van der Waals surface area contributed by atoms with Crippen LogP contribution in [0, 0.1) is 5.92 Å². The lowest BCUT2D eigenvalue weighted by Crippen LogP contribution is -2.56. The van der Waals surface area contributed by atoms with E-state index in [0.29, 0.717) is 38.1 Å². The van der Waals surface area contributed by atoms with Crippen LogP contribution in [0.5, 0.6) is 5.75 Å². The lowest BCUT2D eigenvalue weighted by Gasteiger charge is -2.40. The summed E-state index contributed by atoms with van der Waals surface area (Å²) < 4.78 is 6.03. The largest absolute Gasteiger partial charge is 0.493 e. The smallest absolute Gasteiger partial charge is 0.246 e. The van der Waals surface area contributed by atoms with Gasteiger partial charge in [0, 0.05) is 18.0 Å². The van der Waals surface area contributed by atoms with Gasteiger partial charge in [-0.2, -0.15) is 0 Å². The number of nitrogens with zero attached hydrogens (tertiary/aromatic N) is 2. The van der Waals surface area contributed by atoms with Crippen LogP contribution in [-0.4, -0.2) is 48.0 Å². The van der Waals surface area contributed by atoms with E-state index in [4.69, 9.17) is 4.74 Å². The van der Waals surface area contributed by atoms with E-state index >= 15 is 0 Å². The predicted molar refractivity (Wildman–Crippen MR) is 121 cm³/mol. The minimum absolute atomic E-state index is 0.0284. The Morgan fingerprint density at radius 2 is 2.06 bits per heavy atom. The highest BCUT2D eigenvalue weighted by atomic mass is 16.5. The van der Waals surface area contributed by atoms with E-state index in [-0.39, 0.29) is 18.0 Å². The van der Waals surface area contributed by atoms with E-state index in [0.717, 1.165) is 42.2 Å². The summed E-state index contributed by atoms with van der Waals surface area (Å²) in [4.78, 5) is 30.5. The van der Waals surface area contributed by atoms with Crippen LogP contribution >= 0.6 is 0 Å². The maximum atomic E-state index is 12.4. The molecule has 3 N–H and O–H groups in total. The van der Waals surface area contributed by atoms with Gasteiger partial charge in [-0.1, -0.05) is 18.9 Å². The number of hydrogen-bond donors (Lipinski definition) is 3. The monoisotopic (exact) mass is 439 g/mol. The molecule has 0 bridgehead atoms.